The lowest BCUT2D eigenvalue weighted by atomic mass is 10.2. The number of nitrogens with one attached hydrogen (secondary N) is 1. The lowest BCUT2D eigenvalue weighted by Gasteiger charge is -2.36. The van der Waals surface area contributed by atoms with Crippen molar-refractivity contribution in [1.29, 1.82) is 0 Å². The zero-order chi connectivity index (χ0) is 16.5. The van der Waals surface area contributed by atoms with Crippen molar-refractivity contribution in [1.82, 2.24) is 9.62 Å². The van der Waals surface area contributed by atoms with Crippen molar-refractivity contribution >= 4 is 22.4 Å². The van der Waals surface area contributed by atoms with Crippen molar-refractivity contribution in [2.45, 2.75) is 37.2 Å². The van der Waals surface area contributed by atoms with Crippen LogP contribution in [0.25, 0.3) is 0 Å². The summed E-state index contributed by atoms with van der Waals surface area (Å²) in [6.45, 7) is 4.33. The molecular weight excluding hydrogens is 357 g/mol. The maximum Gasteiger partial charge on any atom is 0.573 e. The molecule has 2 unspecified atom stereocenters. The van der Waals surface area contributed by atoms with E-state index in [4.69, 9.17) is 0 Å². The van der Waals surface area contributed by atoms with E-state index >= 15 is 0 Å². The number of sulfonamides is 1. The highest BCUT2D eigenvalue weighted by Gasteiger charge is 2.35. The van der Waals surface area contributed by atoms with Crippen LogP contribution >= 0.6 is 12.4 Å². The first-order chi connectivity index (χ1) is 10.1. The molecule has 5 nitrogen and oxygen atoms in total. The summed E-state index contributed by atoms with van der Waals surface area (Å²) >= 11 is 0. The van der Waals surface area contributed by atoms with Crippen LogP contribution < -0.4 is 10.1 Å². The number of hydrogen-bond donors (Lipinski definition) is 1. The zero-order valence-corrected chi connectivity index (χ0v) is 14.1. The van der Waals surface area contributed by atoms with Gasteiger partial charge in [0.05, 0.1) is 4.90 Å². The summed E-state index contributed by atoms with van der Waals surface area (Å²) in [4.78, 5) is -0.213. The number of benzene rings is 1. The fourth-order valence-corrected chi connectivity index (χ4v) is 4.04. The third kappa shape index (κ3) is 4.97. The second-order valence-electron chi connectivity index (χ2n) is 5.26. The van der Waals surface area contributed by atoms with Crippen LogP contribution in [-0.2, 0) is 10.0 Å². The van der Waals surface area contributed by atoms with Crippen LogP contribution in [0.3, 0.4) is 0 Å². The van der Waals surface area contributed by atoms with Gasteiger partial charge in [0, 0.05) is 31.2 Å². The van der Waals surface area contributed by atoms with Gasteiger partial charge in [-0.25, -0.2) is 8.42 Å². The van der Waals surface area contributed by atoms with Crippen molar-refractivity contribution in [3.05, 3.63) is 24.3 Å². The maximum absolute atomic E-state index is 12.6. The van der Waals surface area contributed by atoms with Gasteiger partial charge in [-0.15, -0.1) is 25.6 Å². The van der Waals surface area contributed by atoms with Crippen LogP contribution in [0, 0.1) is 0 Å². The number of hydrogen-bond acceptors (Lipinski definition) is 4. The van der Waals surface area contributed by atoms with Gasteiger partial charge in [-0.1, -0.05) is 6.07 Å². The molecule has 10 heteroatoms. The van der Waals surface area contributed by atoms with Gasteiger partial charge < -0.3 is 10.1 Å². The van der Waals surface area contributed by atoms with E-state index in [1.807, 2.05) is 6.92 Å². The lowest BCUT2D eigenvalue weighted by molar-refractivity contribution is -0.274. The maximum atomic E-state index is 12.6. The predicted octanol–water partition coefficient (Wildman–Crippen LogP) is 2.38. The first-order valence-electron chi connectivity index (χ1n) is 6.70. The smallest absolute Gasteiger partial charge is 0.406 e. The lowest BCUT2D eigenvalue weighted by Crippen LogP contribution is -2.56. The molecule has 1 aliphatic rings. The molecule has 2 rings (SSSR count). The molecule has 1 N–H and O–H groups in total. The second-order valence-corrected chi connectivity index (χ2v) is 7.15. The third-order valence-electron chi connectivity index (χ3n) is 3.35. The minimum Gasteiger partial charge on any atom is -0.406 e. The Morgan fingerprint density at radius 3 is 2.57 bits per heavy atom. The molecule has 0 aromatic heterocycles. The summed E-state index contributed by atoms with van der Waals surface area (Å²) in [6.07, 6.45) is -4.86. The highest BCUT2D eigenvalue weighted by molar-refractivity contribution is 7.89. The zero-order valence-electron chi connectivity index (χ0n) is 12.5. The Kier molecular flexibility index (Phi) is 6.31. The van der Waals surface area contributed by atoms with E-state index in [0.29, 0.717) is 6.54 Å². The first kappa shape index (κ1) is 20.0. The van der Waals surface area contributed by atoms with Gasteiger partial charge in [-0.05, 0) is 26.0 Å². The fraction of sp³-hybridized carbons (Fsp3) is 0.538. The van der Waals surface area contributed by atoms with Crippen LogP contribution in [0.4, 0.5) is 13.2 Å². The Bertz CT molecular complexity index is 640. The van der Waals surface area contributed by atoms with Crippen molar-refractivity contribution in [3.8, 4) is 5.75 Å². The number of rotatable bonds is 3. The van der Waals surface area contributed by atoms with E-state index in [9.17, 15) is 21.6 Å². The monoisotopic (exact) mass is 374 g/mol. The number of nitrogens with zero attached hydrogens (tertiary/aromatic N) is 1. The average molecular weight is 375 g/mol. The highest BCUT2D eigenvalue weighted by atomic mass is 35.5. The molecule has 0 aliphatic carbocycles. The van der Waals surface area contributed by atoms with Gasteiger partial charge in [0.2, 0.25) is 10.0 Å². The molecular formula is C13H18ClF3N2O3S. The number of piperazine rings is 1. The Balaban J connectivity index is 0.00000264. The summed E-state index contributed by atoms with van der Waals surface area (Å²) < 4.78 is 67.1. The summed E-state index contributed by atoms with van der Waals surface area (Å²) in [5, 5.41) is 3.15. The quantitative estimate of drug-likeness (QED) is 0.882. The number of halogens is 4. The van der Waals surface area contributed by atoms with Crippen molar-refractivity contribution in [3.63, 3.8) is 0 Å². The topological polar surface area (TPSA) is 58.6 Å². The second kappa shape index (κ2) is 7.25. The number of ether oxygens (including phenoxy) is 1. The highest BCUT2D eigenvalue weighted by Crippen LogP contribution is 2.27. The minimum atomic E-state index is -4.86. The van der Waals surface area contributed by atoms with E-state index < -0.39 is 22.1 Å². The SMILES string of the molecule is CC1CN(S(=O)(=O)c2cccc(OC(F)(F)F)c2)C(C)CN1.Cl. The Hall–Kier alpha value is -1.03. The van der Waals surface area contributed by atoms with Crippen LogP contribution in [0.15, 0.2) is 29.2 Å². The minimum absolute atomic E-state index is 0. The molecule has 1 aromatic rings. The van der Waals surface area contributed by atoms with Gasteiger partial charge in [-0.2, -0.15) is 4.31 Å². The Morgan fingerprint density at radius 1 is 1.30 bits per heavy atom. The van der Waals surface area contributed by atoms with E-state index in [2.05, 4.69) is 10.1 Å². The van der Waals surface area contributed by atoms with Crippen molar-refractivity contribution < 1.29 is 26.3 Å². The molecule has 1 saturated heterocycles. The molecule has 1 aliphatic heterocycles. The van der Waals surface area contributed by atoms with Gasteiger partial charge >= 0.3 is 6.36 Å². The Morgan fingerprint density at radius 2 is 1.96 bits per heavy atom. The molecule has 1 fully saturated rings. The molecule has 0 spiro atoms. The first-order valence-corrected chi connectivity index (χ1v) is 8.14. The van der Waals surface area contributed by atoms with Gasteiger partial charge in [0.15, 0.2) is 0 Å². The molecule has 0 radical (unpaired) electrons. The van der Waals surface area contributed by atoms with Gasteiger partial charge in [0.25, 0.3) is 0 Å². The Labute approximate surface area is 139 Å². The molecule has 132 valence electrons. The predicted molar refractivity (Wildman–Crippen MR) is 81.2 cm³/mol. The molecule has 0 bridgehead atoms. The van der Waals surface area contributed by atoms with Gasteiger partial charge in [-0.3, -0.25) is 0 Å². The van der Waals surface area contributed by atoms with Crippen molar-refractivity contribution in [2.24, 2.45) is 0 Å². The summed E-state index contributed by atoms with van der Waals surface area (Å²) in [5.41, 5.74) is 0. The standard InChI is InChI=1S/C13H17F3N2O3S.ClH/c1-9-8-18(10(2)7-17-9)22(19,20)12-5-3-4-11(6-12)21-13(14,15)16;/h3-6,9-10,17H,7-8H2,1-2H3;1H. The van der Waals surface area contributed by atoms with Gasteiger partial charge in [0.1, 0.15) is 5.75 Å². The fourth-order valence-electron chi connectivity index (χ4n) is 2.29. The van der Waals surface area contributed by atoms with Crippen LogP contribution in [0.1, 0.15) is 13.8 Å². The van der Waals surface area contributed by atoms with Crippen molar-refractivity contribution in [2.75, 3.05) is 13.1 Å². The van der Waals surface area contributed by atoms with Crippen LogP contribution in [0.2, 0.25) is 0 Å². The average Bonchev–Trinajstić information content (AvgIpc) is 2.40. The third-order valence-corrected chi connectivity index (χ3v) is 5.33. The summed E-state index contributed by atoms with van der Waals surface area (Å²) in [7, 11) is -3.88. The van der Waals surface area contributed by atoms with Crippen LogP contribution in [0.5, 0.6) is 5.75 Å². The largest absolute Gasteiger partial charge is 0.573 e. The summed E-state index contributed by atoms with van der Waals surface area (Å²) in [5.74, 6) is -0.551. The number of alkyl halides is 3. The summed E-state index contributed by atoms with van der Waals surface area (Å²) in [6, 6.07) is 4.13. The molecule has 1 aromatic carbocycles. The van der Waals surface area contributed by atoms with E-state index in [0.717, 1.165) is 12.1 Å². The normalized spacial score (nSPS) is 23.2. The molecule has 0 amide bonds. The van der Waals surface area contributed by atoms with E-state index in [-0.39, 0.29) is 35.9 Å². The molecule has 0 saturated carbocycles. The molecule has 2 atom stereocenters. The van der Waals surface area contributed by atoms with E-state index in [1.54, 1.807) is 6.92 Å². The molecule has 23 heavy (non-hydrogen) atoms. The van der Waals surface area contributed by atoms with Crippen LogP contribution in [-0.4, -0.2) is 44.3 Å². The molecule has 1 heterocycles. The van der Waals surface area contributed by atoms with E-state index in [1.165, 1.54) is 16.4 Å².